The lowest BCUT2D eigenvalue weighted by atomic mass is 10.1. The second-order valence-corrected chi connectivity index (χ2v) is 5.49. The fraction of sp³-hybridized carbons (Fsp3) is 0.500. The molecule has 0 heterocycles. The van der Waals surface area contributed by atoms with Crippen LogP contribution in [0.25, 0.3) is 0 Å². The highest BCUT2D eigenvalue weighted by molar-refractivity contribution is 5.80. The van der Waals surface area contributed by atoms with Crippen LogP contribution in [0.4, 0.5) is 0 Å². The quantitative estimate of drug-likeness (QED) is 0.634. The molecule has 1 aromatic carbocycles. The number of hydrogen-bond acceptors (Lipinski definition) is 4. The van der Waals surface area contributed by atoms with E-state index in [1.165, 1.54) is 12.1 Å². The van der Waals surface area contributed by atoms with Gasteiger partial charge in [0.05, 0.1) is 0 Å². The third kappa shape index (κ3) is 6.97. The summed E-state index contributed by atoms with van der Waals surface area (Å²) >= 11 is 0. The summed E-state index contributed by atoms with van der Waals surface area (Å²) in [4.78, 5) is 23.3. The van der Waals surface area contributed by atoms with Gasteiger partial charge in [0.25, 0.3) is 5.91 Å². The van der Waals surface area contributed by atoms with Crippen LogP contribution in [-0.4, -0.2) is 36.1 Å². The van der Waals surface area contributed by atoms with Gasteiger partial charge in [-0.2, -0.15) is 0 Å². The van der Waals surface area contributed by atoms with Gasteiger partial charge < -0.3 is 20.5 Å². The van der Waals surface area contributed by atoms with Gasteiger partial charge in [0.1, 0.15) is 11.5 Å². The Hall–Kier alpha value is -2.24. The molecule has 1 unspecified atom stereocenters. The number of carbonyl (C=O) groups is 2. The van der Waals surface area contributed by atoms with Crippen LogP contribution in [0.1, 0.15) is 27.2 Å². The topological polar surface area (TPSA) is 87.7 Å². The maximum absolute atomic E-state index is 11.8. The molecule has 1 aromatic rings. The monoisotopic (exact) mass is 308 g/mol. The Morgan fingerprint density at radius 3 is 2.27 bits per heavy atom. The van der Waals surface area contributed by atoms with Gasteiger partial charge in [-0.25, -0.2) is 0 Å². The Morgan fingerprint density at radius 2 is 1.68 bits per heavy atom. The second kappa shape index (κ2) is 8.92. The van der Waals surface area contributed by atoms with Crippen molar-refractivity contribution in [2.75, 3.05) is 13.1 Å². The number of benzene rings is 1. The lowest BCUT2D eigenvalue weighted by Gasteiger charge is -2.15. The fourth-order valence-electron chi connectivity index (χ4n) is 1.76. The molecule has 0 aliphatic heterocycles. The number of carbonyl (C=O) groups excluding carboxylic acids is 2. The van der Waals surface area contributed by atoms with Crippen molar-refractivity contribution in [2.45, 2.75) is 33.3 Å². The number of rotatable bonds is 8. The standard InChI is InChI=1S/C16H24N2O4/c1-11(2)10-15(20)17-8-9-18-16(21)12(3)22-14-6-4-13(19)5-7-14/h4-7,11-12,19H,8-10H2,1-3H3,(H,17,20)(H,18,21). The van der Waals surface area contributed by atoms with Gasteiger partial charge in [-0.1, -0.05) is 13.8 Å². The van der Waals surface area contributed by atoms with Crippen LogP contribution in [0, 0.1) is 5.92 Å². The van der Waals surface area contributed by atoms with Crippen molar-refractivity contribution in [3.05, 3.63) is 24.3 Å². The number of ether oxygens (including phenoxy) is 1. The van der Waals surface area contributed by atoms with Crippen LogP contribution >= 0.6 is 0 Å². The van der Waals surface area contributed by atoms with E-state index in [1.807, 2.05) is 13.8 Å². The molecule has 0 aromatic heterocycles. The molecule has 0 saturated carbocycles. The molecule has 0 radical (unpaired) electrons. The van der Waals surface area contributed by atoms with Crippen molar-refractivity contribution in [3.63, 3.8) is 0 Å². The molecule has 0 aliphatic carbocycles. The number of hydrogen-bond donors (Lipinski definition) is 3. The first kappa shape index (κ1) is 17.8. The molecule has 0 bridgehead atoms. The Labute approximate surface area is 130 Å². The van der Waals surface area contributed by atoms with Crippen LogP contribution in [0.15, 0.2) is 24.3 Å². The Balaban J connectivity index is 2.24. The molecule has 1 atom stereocenters. The first-order valence-corrected chi connectivity index (χ1v) is 7.38. The molecule has 2 amide bonds. The van der Waals surface area contributed by atoms with Gasteiger partial charge in [0, 0.05) is 19.5 Å². The second-order valence-electron chi connectivity index (χ2n) is 5.49. The van der Waals surface area contributed by atoms with Gasteiger partial charge in [-0.3, -0.25) is 9.59 Å². The molecular weight excluding hydrogens is 284 g/mol. The molecule has 0 spiro atoms. The number of phenolic OH excluding ortho intramolecular Hbond substituents is 1. The van der Waals surface area contributed by atoms with Crippen molar-refractivity contribution in [3.8, 4) is 11.5 Å². The highest BCUT2D eigenvalue weighted by atomic mass is 16.5. The maximum Gasteiger partial charge on any atom is 0.260 e. The average molecular weight is 308 g/mol. The molecule has 122 valence electrons. The van der Waals surface area contributed by atoms with Crippen LogP contribution < -0.4 is 15.4 Å². The van der Waals surface area contributed by atoms with E-state index in [0.717, 1.165) is 0 Å². The van der Waals surface area contributed by atoms with Crippen LogP contribution in [-0.2, 0) is 9.59 Å². The highest BCUT2D eigenvalue weighted by Crippen LogP contribution is 2.17. The molecule has 6 nitrogen and oxygen atoms in total. The molecule has 1 rings (SSSR count). The van der Waals surface area contributed by atoms with E-state index in [-0.39, 0.29) is 17.6 Å². The van der Waals surface area contributed by atoms with E-state index in [4.69, 9.17) is 4.74 Å². The van der Waals surface area contributed by atoms with E-state index in [0.29, 0.717) is 31.2 Å². The van der Waals surface area contributed by atoms with Crippen molar-refractivity contribution in [2.24, 2.45) is 5.92 Å². The minimum Gasteiger partial charge on any atom is -0.508 e. The van der Waals surface area contributed by atoms with E-state index in [9.17, 15) is 14.7 Å². The number of phenols is 1. The van der Waals surface area contributed by atoms with Gasteiger partial charge in [0.15, 0.2) is 6.10 Å². The first-order chi connectivity index (χ1) is 10.4. The van der Waals surface area contributed by atoms with E-state index in [2.05, 4.69) is 10.6 Å². The molecule has 0 aliphatic rings. The summed E-state index contributed by atoms with van der Waals surface area (Å²) in [6.45, 7) is 6.34. The predicted molar refractivity (Wildman–Crippen MR) is 83.7 cm³/mol. The largest absolute Gasteiger partial charge is 0.508 e. The van der Waals surface area contributed by atoms with Crippen molar-refractivity contribution < 1.29 is 19.4 Å². The zero-order chi connectivity index (χ0) is 16.5. The summed E-state index contributed by atoms with van der Waals surface area (Å²) in [6, 6.07) is 6.16. The Kier molecular flexibility index (Phi) is 7.22. The SMILES string of the molecule is CC(C)CC(=O)NCCNC(=O)C(C)Oc1ccc(O)cc1. The number of nitrogens with one attached hydrogen (secondary N) is 2. The zero-order valence-electron chi connectivity index (χ0n) is 13.3. The number of aromatic hydroxyl groups is 1. The van der Waals surface area contributed by atoms with Crippen LogP contribution in [0.2, 0.25) is 0 Å². The van der Waals surface area contributed by atoms with Crippen LogP contribution in [0.3, 0.4) is 0 Å². The van der Waals surface area contributed by atoms with Crippen LogP contribution in [0.5, 0.6) is 11.5 Å². The van der Waals surface area contributed by atoms with Crippen molar-refractivity contribution >= 4 is 11.8 Å². The average Bonchev–Trinajstić information content (AvgIpc) is 2.45. The Morgan fingerprint density at radius 1 is 1.09 bits per heavy atom. The summed E-state index contributed by atoms with van der Waals surface area (Å²) < 4.78 is 5.45. The minimum absolute atomic E-state index is 0.0161. The lowest BCUT2D eigenvalue weighted by molar-refractivity contribution is -0.127. The lowest BCUT2D eigenvalue weighted by Crippen LogP contribution is -2.40. The molecular formula is C16H24N2O4. The minimum atomic E-state index is -0.657. The van der Waals surface area contributed by atoms with Gasteiger partial charge in [0.2, 0.25) is 5.91 Å². The molecule has 3 N–H and O–H groups in total. The molecule has 6 heteroatoms. The van der Waals surface area contributed by atoms with E-state index < -0.39 is 6.10 Å². The van der Waals surface area contributed by atoms with Crippen molar-refractivity contribution in [1.29, 1.82) is 0 Å². The third-order valence-electron chi connectivity index (χ3n) is 2.86. The predicted octanol–water partition coefficient (Wildman–Crippen LogP) is 1.44. The van der Waals surface area contributed by atoms with Gasteiger partial charge in [-0.15, -0.1) is 0 Å². The summed E-state index contributed by atoms with van der Waals surface area (Å²) in [7, 11) is 0. The summed E-state index contributed by atoms with van der Waals surface area (Å²) in [5.74, 6) is 0.685. The first-order valence-electron chi connectivity index (χ1n) is 7.38. The van der Waals surface area contributed by atoms with Gasteiger partial charge in [-0.05, 0) is 37.1 Å². The normalized spacial score (nSPS) is 11.8. The van der Waals surface area contributed by atoms with Crippen molar-refractivity contribution in [1.82, 2.24) is 10.6 Å². The zero-order valence-corrected chi connectivity index (χ0v) is 13.3. The van der Waals surface area contributed by atoms with E-state index >= 15 is 0 Å². The Bertz CT molecular complexity index is 485. The molecule has 0 fully saturated rings. The third-order valence-corrected chi connectivity index (χ3v) is 2.86. The highest BCUT2D eigenvalue weighted by Gasteiger charge is 2.14. The summed E-state index contributed by atoms with van der Waals surface area (Å²) in [5, 5.41) is 14.6. The summed E-state index contributed by atoms with van der Waals surface area (Å²) in [5.41, 5.74) is 0. The smallest absolute Gasteiger partial charge is 0.260 e. The molecule has 0 saturated heterocycles. The summed E-state index contributed by atoms with van der Waals surface area (Å²) in [6.07, 6.45) is -0.176. The number of amides is 2. The fourth-order valence-corrected chi connectivity index (χ4v) is 1.76. The molecule has 22 heavy (non-hydrogen) atoms. The van der Waals surface area contributed by atoms with Gasteiger partial charge >= 0.3 is 0 Å². The maximum atomic E-state index is 11.8. The van der Waals surface area contributed by atoms with E-state index in [1.54, 1.807) is 19.1 Å².